The molecule has 22 heavy (non-hydrogen) atoms. The molecule has 2 aromatic carbocycles. The highest BCUT2D eigenvalue weighted by atomic mass is 16.5. The molecule has 0 radical (unpaired) electrons. The van der Waals surface area contributed by atoms with Gasteiger partial charge in [-0.15, -0.1) is 0 Å². The Morgan fingerprint density at radius 3 is 2.50 bits per heavy atom. The van der Waals surface area contributed by atoms with Crippen molar-refractivity contribution >= 4 is 11.6 Å². The molecule has 0 saturated heterocycles. The van der Waals surface area contributed by atoms with Crippen molar-refractivity contribution in [3.8, 4) is 11.8 Å². The third-order valence-electron chi connectivity index (χ3n) is 3.47. The molecule has 0 fully saturated rings. The van der Waals surface area contributed by atoms with Gasteiger partial charge in [0.2, 0.25) is 5.91 Å². The van der Waals surface area contributed by atoms with Gasteiger partial charge in [-0.25, -0.2) is 0 Å². The van der Waals surface area contributed by atoms with Gasteiger partial charge >= 0.3 is 0 Å². The zero-order valence-electron chi connectivity index (χ0n) is 12.7. The number of methoxy groups -OCH3 is 1. The van der Waals surface area contributed by atoms with Crippen LogP contribution in [0.25, 0.3) is 0 Å². The van der Waals surface area contributed by atoms with Crippen molar-refractivity contribution in [3.63, 3.8) is 0 Å². The molecule has 0 saturated carbocycles. The fourth-order valence-electron chi connectivity index (χ4n) is 2.13. The molecule has 0 spiro atoms. The molecule has 1 atom stereocenters. The Balaban J connectivity index is 2.06. The SMILES string of the molecule is COc1ccc(CC(C#N)C(=O)Nc2ccccc2C)cc1. The average Bonchev–Trinajstić information content (AvgIpc) is 2.55. The summed E-state index contributed by atoms with van der Waals surface area (Å²) in [6, 6.07) is 17.0. The van der Waals surface area contributed by atoms with Crippen molar-refractivity contribution in [3.05, 3.63) is 59.7 Å². The second-order valence-corrected chi connectivity index (χ2v) is 5.04. The van der Waals surface area contributed by atoms with Gasteiger partial charge in [0.05, 0.1) is 13.2 Å². The first-order chi connectivity index (χ1) is 10.6. The van der Waals surface area contributed by atoms with Crippen LogP contribution in [-0.2, 0) is 11.2 Å². The number of benzene rings is 2. The lowest BCUT2D eigenvalue weighted by Crippen LogP contribution is -2.23. The first-order valence-electron chi connectivity index (χ1n) is 7.03. The van der Waals surface area contributed by atoms with Gasteiger partial charge in [0.25, 0.3) is 0 Å². The first kappa shape index (κ1) is 15.6. The van der Waals surface area contributed by atoms with E-state index in [1.165, 1.54) is 0 Å². The second-order valence-electron chi connectivity index (χ2n) is 5.04. The minimum atomic E-state index is -0.729. The number of rotatable bonds is 5. The number of nitrogens with one attached hydrogen (secondary N) is 1. The van der Waals surface area contributed by atoms with Crippen LogP contribution in [0.4, 0.5) is 5.69 Å². The largest absolute Gasteiger partial charge is 0.497 e. The third-order valence-corrected chi connectivity index (χ3v) is 3.47. The molecule has 4 nitrogen and oxygen atoms in total. The molecule has 1 amide bonds. The van der Waals surface area contributed by atoms with Crippen LogP contribution in [-0.4, -0.2) is 13.0 Å². The monoisotopic (exact) mass is 294 g/mol. The number of hydrogen-bond donors (Lipinski definition) is 1. The molecule has 112 valence electrons. The van der Waals surface area contributed by atoms with Crippen LogP contribution >= 0.6 is 0 Å². The summed E-state index contributed by atoms with van der Waals surface area (Å²) >= 11 is 0. The standard InChI is InChI=1S/C18H18N2O2/c1-13-5-3-4-6-17(13)20-18(21)15(12-19)11-14-7-9-16(22-2)10-8-14/h3-10,15H,11H2,1-2H3,(H,20,21). The number of para-hydroxylation sites is 1. The molecule has 0 heterocycles. The molecular formula is C18H18N2O2. The number of hydrogen-bond acceptors (Lipinski definition) is 3. The van der Waals surface area contributed by atoms with Gasteiger partial charge in [-0.3, -0.25) is 4.79 Å². The highest BCUT2D eigenvalue weighted by Crippen LogP contribution is 2.18. The highest BCUT2D eigenvalue weighted by molar-refractivity contribution is 5.94. The minimum Gasteiger partial charge on any atom is -0.497 e. The summed E-state index contributed by atoms with van der Waals surface area (Å²) in [5.74, 6) is -0.262. The number of aryl methyl sites for hydroxylation is 1. The van der Waals surface area contributed by atoms with E-state index in [0.717, 1.165) is 22.6 Å². The van der Waals surface area contributed by atoms with Crippen molar-refractivity contribution in [1.82, 2.24) is 0 Å². The van der Waals surface area contributed by atoms with E-state index >= 15 is 0 Å². The molecule has 4 heteroatoms. The molecule has 0 aliphatic rings. The van der Waals surface area contributed by atoms with E-state index in [2.05, 4.69) is 11.4 Å². The Morgan fingerprint density at radius 2 is 1.91 bits per heavy atom. The maximum absolute atomic E-state index is 12.3. The maximum Gasteiger partial charge on any atom is 0.242 e. The van der Waals surface area contributed by atoms with Gasteiger partial charge in [-0.1, -0.05) is 30.3 Å². The van der Waals surface area contributed by atoms with Crippen LogP contribution in [0.3, 0.4) is 0 Å². The van der Waals surface area contributed by atoms with E-state index in [1.54, 1.807) is 7.11 Å². The quantitative estimate of drug-likeness (QED) is 0.920. The van der Waals surface area contributed by atoms with Crippen molar-refractivity contribution in [1.29, 1.82) is 5.26 Å². The van der Waals surface area contributed by atoms with Crippen molar-refractivity contribution in [2.75, 3.05) is 12.4 Å². The molecule has 1 unspecified atom stereocenters. The highest BCUT2D eigenvalue weighted by Gasteiger charge is 2.19. The number of ether oxygens (including phenoxy) is 1. The Kier molecular flexibility index (Phi) is 5.16. The Morgan fingerprint density at radius 1 is 1.23 bits per heavy atom. The Hall–Kier alpha value is -2.80. The number of nitrogens with zero attached hydrogens (tertiary/aromatic N) is 1. The predicted octanol–water partition coefficient (Wildman–Crippen LogP) is 3.32. The van der Waals surface area contributed by atoms with E-state index in [9.17, 15) is 10.1 Å². The predicted molar refractivity (Wildman–Crippen MR) is 85.6 cm³/mol. The van der Waals surface area contributed by atoms with Crippen molar-refractivity contribution < 1.29 is 9.53 Å². The molecular weight excluding hydrogens is 276 g/mol. The molecule has 1 N–H and O–H groups in total. The molecule has 0 bridgehead atoms. The molecule has 0 aliphatic carbocycles. The summed E-state index contributed by atoms with van der Waals surface area (Å²) in [5.41, 5.74) is 2.63. The zero-order valence-corrected chi connectivity index (χ0v) is 12.7. The van der Waals surface area contributed by atoms with Crippen LogP contribution in [0.2, 0.25) is 0 Å². The summed E-state index contributed by atoms with van der Waals surface area (Å²) in [6.07, 6.45) is 0.373. The summed E-state index contributed by atoms with van der Waals surface area (Å²) in [5, 5.41) is 12.1. The summed E-state index contributed by atoms with van der Waals surface area (Å²) in [6.45, 7) is 1.92. The van der Waals surface area contributed by atoms with Gasteiger partial charge < -0.3 is 10.1 Å². The molecule has 2 rings (SSSR count). The van der Waals surface area contributed by atoms with E-state index in [1.807, 2.05) is 55.5 Å². The van der Waals surface area contributed by atoms with Crippen molar-refractivity contribution in [2.45, 2.75) is 13.3 Å². The molecule has 0 aromatic heterocycles. The van der Waals surface area contributed by atoms with Gasteiger partial charge in [0, 0.05) is 5.69 Å². The van der Waals surface area contributed by atoms with Crippen LogP contribution in [0.1, 0.15) is 11.1 Å². The fraction of sp³-hybridized carbons (Fsp3) is 0.222. The van der Waals surface area contributed by atoms with Crippen LogP contribution in [0.5, 0.6) is 5.75 Å². The number of anilines is 1. The second kappa shape index (κ2) is 7.28. The van der Waals surface area contributed by atoms with E-state index < -0.39 is 5.92 Å². The van der Waals surface area contributed by atoms with Crippen molar-refractivity contribution in [2.24, 2.45) is 5.92 Å². The topological polar surface area (TPSA) is 62.1 Å². The molecule has 0 aliphatic heterocycles. The van der Waals surface area contributed by atoms with Crippen LogP contribution < -0.4 is 10.1 Å². The summed E-state index contributed by atoms with van der Waals surface area (Å²) < 4.78 is 5.10. The lowest BCUT2D eigenvalue weighted by molar-refractivity contribution is -0.118. The number of carbonyl (C=O) groups excluding carboxylic acids is 1. The normalized spacial score (nSPS) is 11.3. The fourth-order valence-corrected chi connectivity index (χ4v) is 2.13. The third kappa shape index (κ3) is 3.86. The number of amides is 1. The lowest BCUT2D eigenvalue weighted by Gasteiger charge is -2.12. The molecule has 2 aromatic rings. The zero-order chi connectivity index (χ0) is 15.9. The summed E-state index contributed by atoms with van der Waals surface area (Å²) in [4.78, 5) is 12.3. The van der Waals surface area contributed by atoms with E-state index in [-0.39, 0.29) is 5.91 Å². The van der Waals surface area contributed by atoms with E-state index in [4.69, 9.17) is 4.74 Å². The van der Waals surface area contributed by atoms with Gasteiger partial charge in [-0.2, -0.15) is 5.26 Å². The lowest BCUT2D eigenvalue weighted by atomic mass is 9.99. The van der Waals surface area contributed by atoms with Gasteiger partial charge in [0.1, 0.15) is 11.7 Å². The van der Waals surface area contributed by atoms with Crippen LogP contribution in [0.15, 0.2) is 48.5 Å². The average molecular weight is 294 g/mol. The summed E-state index contributed by atoms with van der Waals surface area (Å²) in [7, 11) is 1.60. The number of carbonyl (C=O) groups is 1. The van der Waals surface area contributed by atoms with Crippen LogP contribution in [0, 0.1) is 24.2 Å². The van der Waals surface area contributed by atoms with E-state index in [0.29, 0.717) is 6.42 Å². The Bertz CT molecular complexity index is 687. The maximum atomic E-state index is 12.3. The first-order valence-corrected chi connectivity index (χ1v) is 7.03. The number of nitriles is 1. The van der Waals surface area contributed by atoms with Gasteiger partial charge in [0.15, 0.2) is 0 Å². The van der Waals surface area contributed by atoms with Gasteiger partial charge in [-0.05, 0) is 42.7 Å². The minimum absolute atomic E-state index is 0.285. The Labute approximate surface area is 130 Å². The smallest absolute Gasteiger partial charge is 0.242 e.